The standard InChI is InChI=1S/C19H20ClN3O3/c20-15-3-5-17(6-4-15)26-13-18(24)22-16-7-10-23(11-8-16)19(25)14-2-1-9-21-12-14/h1-6,9,12,16H,7-8,10-11,13H2,(H,22,24). The maximum atomic E-state index is 12.4. The zero-order valence-electron chi connectivity index (χ0n) is 14.2. The number of nitrogens with one attached hydrogen (secondary N) is 1. The minimum Gasteiger partial charge on any atom is -0.484 e. The molecule has 0 unspecified atom stereocenters. The number of hydrogen-bond acceptors (Lipinski definition) is 4. The lowest BCUT2D eigenvalue weighted by Crippen LogP contribution is -2.47. The van der Waals surface area contributed by atoms with E-state index < -0.39 is 0 Å². The lowest BCUT2D eigenvalue weighted by molar-refractivity contribution is -0.124. The van der Waals surface area contributed by atoms with Gasteiger partial charge in [-0.25, -0.2) is 0 Å². The summed E-state index contributed by atoms with van der Waals surface area (Å²) in [6.07, 6.45) is 4.66. The average molecular weight is 374 g/mol. The number of piperidine rings is 1. The molecule has 1 aliphatic heterocycles. The number of pyridine rings is 1. The second-order valence-electron chi connectivity index (χ2n) is 6.12. The molecule has 26 heavy (non-hydrogen) atoms. The van der Waals surface area contributed by atoms with Crippen molar-refractivity contribution in [3.63, 3.8) is 0 Å². The van der Waals surface area contributed by atoms with Crippen LogP contribution in [0.4, 0.5) is 0 Å². The smallest absolute Gasteiger partial charge is 0.258 e. The van der Waals surface area contributed by atoms with E-state index in [0.29, 0.717) is 29.4 Å². The number of likely N-dealkylation sites (tertiary alicyclic amines) is 1. The van der Waals surface area contributed by atoms with Crippen LogP contribution in [-0.2, 0) is 4.79 Å². The van der Waals surface area contributed by atoms with Crippen LogP contribution >= 0.6 is 11.6 Å². The number of aromatic nitrogens is 1. The molecule has 1 aromatic carbocycles. The molecule has 0 radical (unpaired) electrons. The number of carbonyl (C=O) groups excluding carboxylic acids is 2. The van der Waals surface area contributed by atoms with Crippen LogP contribution in [0.15, 0.2) is 48.8 Å². The monoisotopic (exact) mass is 373 g/mol. The molecule has 1 aliphatic rings. The predicted molar refractivity (Wildman–Crippen MR) is 98.3 cm³/mol. The third kappa shape index (κ3) is 4.95. The van der Waals surface area contributed by atoms with Crippen molar-refractivity contribution in [2.45, 2.75) is 18.9 Å². The molecule has 6 nitrogen and oxygen atoms in total. The molecular weight excluding hydrogens is 354 g/mol. The van der Waals surface area contributed by atoms with Crippen LogP contribution in [0.3, 0.4) is 0 Å². The first-order valence-electron chi connectivity index (χ1n) is 8.49. The first kappa shape index (κ1) is 18.2. The van der Waals surface area contributed by atoms with E-state index in [0.717, 1.165) is 12.8 Å². The number of benzene rings is 1. The van der Waals surface area contributed by atoms with Crippen molar-refractivity contribution in [1.82, 2.24) is 15.2 Å². The van der Waals surface area contributed by atoms with Crippen molar-refractivity contribution in [2.75, 3.05) is 19.7 Å². The first-order chi connectivity index (χ1) is 12.6. The predicted octanol–water partition coefficient (Wildman–Crippen LogP) is 2.53. The van der Waals surface area contributed by atoms with Gasteiger partial charge in [-0.05, 0) is 49.2 Å². The number of nitrogens with zero attached hydrogens (tertiary/aromatic N) is 2. The summed E-state index contributed by atoms with van der Waals surface area (Å²) in [5.74, 6) is 0.410. The third-order valence-corrected chi connectivity index (χ3v) is 4.49. The second kappa shape index (κ2) is 8.67. The van der Waals surface area contributed by atoms with Crippen molar-refractivity contribution in [3.05, 3.63) is 59.4 Å². The molecule has 0 atom stereocenters. The van der Waals surface area contributed by atoms with Gasteiger partial charge in [0, 0.05) is 36.5 Å². The molecule has 0 saturated carbocycles. The van der Waals surface area contributed by atoms with Crippen LogP contribution in [-0.4, -0.2) is 47.4 Å². The summed E-state index contributed by atoms with van der Waals surface area (Å²) < 4.78 is 5.44. The highest BCUT2D eigenvalue weighted by molar-refractivity contribution is 6.30. The molecular formula is C19H20ClN3O3. The van der Waals surface area contributed by atoms with Crippen LogP contribution < -0.4 is 10.1 Å². The number of ether oxygens (including phenoxy) is 1. The molecule has 0 spiro atoms. The first-order valence-corrected chi connectivity index (χ1v) is 8.86. The van der Waals surface area contributed by atoms with Crippen molar-refractivity contribution >= 4 is 23.4 Å². The Kier molecular flexibility index (Phi) is 6.07. The van der Waals surface area contributed by atoms with Gasteiger partial charge in [-0.15, -0.1) is 0 Å². The van der Waals surface area contributed by atoms with Crippen LogP contribution in [0.2, 0.25) is 5.02 Å². The van der Waals surface area contributed by atoms with E-state index in [-0.39, 0.29) is 24.5 Å². The molecule has 0 aliphatic carbocycles. The number of hydrogen-bond donors (Lipinski definition) is 1. The summed E-state index contributed by atoms with van der Waals surface area (Å²) in [7, 11) is 0. The fraction of sp³-hybridized carbons (Fsp3) is 0.316. The van der Waals surface area contributed by atoms with Gasteiger partial charge in [0.2, 0.25) is 0 Å². The second-order valence-corrected chi connectivity index (χ2v) is 6.55. The Bertz CT molecular complexity index is 744. The Morgan fingerprint density at radius 1 is 1.19 bits per heavy atom. The summed E-state index contributed by atoms with van der Waals surface area (Å²) in [5.41, 5.74) is 0.589. The fourth-order valence-corrected chi connectivity index (χ4v) is 2.97. The van der Waals surface area contributed by atoms with E-state index >= 15 is 0 Å². The normalized spacial score (nSPS) is 14.7. The van der Waals surface area contributed by atoms with Gasteiger partial charge in [0.1, 0.15) is 5.75 Å². The third-order valence-electron chi connectivity index (χ3n) is 4.24. The minimum atomic E-state index is -0.169. The summed E-state index contributed by atoms with van der Waals surface area (Å²) >= 11 is 5.81. The number of halogens is 1. The highest BCUT2D eigenvalue weighted by Crippen LogP contribution is 2.16. The summed E-state index contributed by atoms with van der Waals surface area (Å²) in [4.78, 5) is 30.2. The fourth-order valence-electron chi connectivity index (χ4n) is 2.85. The summed E-state index contributed by atoms with van der Waals surface area (Å²) in [6.45, 7) is 1.17. The van der Waals surface area contributed by atoms with Crippen molar-refractivity contribution in [3.8, 4) is 5.75 Å². The Morgan fingerprint density at radius 2 is 1.92 bits per heavy atom. The van der Waals surface area contributed by atoms with Crippen molar-refractivity contribution < 1.29 is 14.3 Å². The number of amides is 2. The highest BCUT2D eigenvalue weighted by atomic mass is 35.5. The van der Waals surface area contributed by atoms with Gasteiger partial charge in [-0.3, -0.25) is 14.6 Å². The number of carbonyl (C=O) groups is 2. The van der Waals surface area contributed by atoms with Crippen LogP contribution in [0.25, 0.3) is 0 Å². The van der Waals surface area contributed by atoms with Crippen LogP contribution in [0, 0.1) is 0 Å². The maximum Gasteiger partial charge on any atom is 0.258 e. The minimum absolute atomic E-state index is 0.0195. The van der Waals surface area contributed by atoms with E-state index in [1.807, 2.05) is 0 Å². The molecule has 2 heterocycles. The van der Waals surface area contributed by atoms with Gasteiger partial charge in [0.15, 0.2) is 6.61 Å². The number of rotatable bonds is 5. The van der Waals surface area contributed by atoms with E-state index in [2.05, 4.69) is 10.3 Å². The van der Waals surface area contributed by atoms with Gasteiger partial charge in [-0.2, -0.15) is 0 Å². The van der Waals surface area contributed by atoms with E-state index in [9.17, 15) is 9.59 Å². The Morgan fingerprint density at radius 3 is 2.58 bits per heavy atom. The molecule has 2 amide bonds. The molecule has 1 fully saturated rings. The topological polar surface area (TPSA) is 71.5 Å². The summed E-state index contributed by atoms with van der Waals surface area (Å²) in [5, 5.41) is 3.58. The average Bonchev–Trinajstić information content (AvgIpc) is 2.68. The summed E-state index contributed by atoms with van der Waals surface area (Å²) in [6, 6.07) is 10.4. The van der Waals surface area contributed by atoms with Crippen LogP contribution in [0.1, 0.15) is 23.2 Å². The molecule has 3 rings (SSSR count). The zero-order chi connectivity index (χ0) is 18.4. The van der Waals surface area contributed by atoms with Gasteiger partial charge >= 0.3 is 0 Å². The molecule has 2 aromatic rings. The quantitative estimate of drug-likeness (QED) is 0.874. The highest BCUT2D eigenvalue weighted by Gasteiger charge is 2.24. The molecule has 0 bridgehead atoms. The molecule has 7 heteroatoms. The van der Waals surface area contributed by atoms with Gasteiger partial charge in [0.25, 0.3) is 11.8 Å². The van der Waals surface area contributed by atoms with Crippen LogP contribution in [0.5, 0.6) is 5.75 Å². The molecule has 1 aromatic heterocycles. The van der Waals surface area contributed by atoms with Gasteiger partial charge < -0.3 is 15.0 Å². The molecule has 136 valence electrons. The van der Waals surface area contributed by atoms with Crippen molar-refractivity contribution in [1.29, 1.82) is 0 Å². The Labute approximate surface area is 157 Å². The molecule has 1 saturated heterocycles. The van der Waals surface area contributed by atoms with Gasteiger partial charge in [0.05, 0.1) is 5.56 Å². The SMILES string of the molecule is O=C(COc1ccc(Cl)cc1)NC1CCN(C(=O)c2cccnc2)CC1. The van der Waals surface area contributed by atoms with Gasteiger partial charge in [-0.1, -0.05) is 11.6 Å². The lowest BCUT2D eigenvalue weighted by atomic mass is 10.0. The van der Waals surface area contributed by atoms with E-state index in [1.165, 1.54) is 0 Å². The maximum absolute atomic E-state index is 12.4. The lowest BCUT2D eigenvalue weighted by Gasteiger charge is -2.32. The zero-order valence-corrected chi connectivity index (χ0v) is 15.0. The largest absolute Gasteiger partial charge is 0.484 e. The van der Waals surface area contributed by atoms with Crippen molar-refractivity contribution in [2.24, 2.45) is 0 Å². The molecule has 1 N–H and O–H groups in total. The van der Waals surface area contributed by atoms with E-state index in [4.69, 9.17) is 16.3 Å². The van der Waals surface area contributed by atoms with E-state index in [1.54, 1.807) is 53.7 Å². The Balaban J connectivity index is 1.41. The Hall–Kier alpha value is -2.60.